The van der Waals surface area contributed by atoms with Gasteiger partial charge in [0.2, 0.25) is 5.96 Å². The van der Waals surface area contributed by atoms with Gasteiger partial charge in [-0.1, -0.05) is 29.8 Å². The molecule has 1 aliphatic rings. The van der Waals surface area contributed by atoms with Gasteiger partial charge in [-0.2, -0.15) is 5.10 Å². The first-order chi connectivity index (χ1) is 17.5. The second-order valence-electron chi connectivity index (χ2n) is 8.09. The van der Waals surface area contributed by atoms with Gasteiger partial charge in [0, 0.05) is 24.7 Å². The second kappa shape index (κ2) is 10.6. The van der Waals surface area contributed by atoms with Crippen molar-refractivity contribution in [3.63, 3.8) is 0 Å². The lowest BCUT2D eigenvalue weighted by Crippen LogP contribution is -2.32. The second-order valence-corrected chi connectivity index (χ2v) is 8.50. The molecule has 0 saturated carbocycles. The summed E-state index contributed by atoms with van der Waals surface area (Å²) in [5.74, 6) is 1.58. The third kappa shape index (κ3) is 5.52. The lowest BCUT2D eigenvalue weighted by Gasteiger charge is -2.13. The Labute approximate surface area is 212 Å². The zero-order valence-corrected chi connectivity index (χ0v) is 20.2. The standard InChI is InChI=1S/C26H23ClFN7O/c1-35(26-29-9-10-30-26)33-14-17-5-7-23-21(12-17)25(32-16-31-23)34-20-6-8-24(22(27)13-20)36-15-18-3-2-4-19(28)11-18/h2-8,11-14,16H,9-10,15H2,1H3,(H,29,30)(H,31,32,34). The van der Waals surface area contributed by atoms with Gasteiger partial charge < -0.3 is 15.4 Å². The van der Waals surface area contributed by atoms with Crippen LogP contribution < -0.4 is 15.4 Å². The Kier molecular flexibility index (Phi) is 6.90. The van der Waals surface area contributed by atoms with Gasteiger partial charge in [-0.15, -0.1) is 0 Å². The summed E-state index contributed by atoms with van der Waals surface area (Å²) >= 11 is 6.45. The molecular weight excluding hydrogens is 481 g/mol. The lowest BCUT2D eigenvalue weighted by molar-refractivity contribution is 0.306. The first-order valence-corrected chi connectivity index (χ1v) is 11.7. The number of hydrogen-bond acceptors (Lipinski definition) is 8. The van der Waals surface area contributed by atoms with Crippen LogP contribution in [0.2, 0.25) is 5.02 Å². The number of guanidine groups is 1. The quantitative estimate of drug-likeness (QED) is 0.273. The number of aromatic nitrogens is 2. The number of benzene rings is 3. The number of aliphatic imine (C=N–C) groups is 1. The van der Waals surface area contributed by atoms with Crippen molar-refractivity contribution in [2.45, 2.75) is 6.61 Å². The van der Waals surface area contributed by atoms with E-state index in [-0.39, 0.29) is 12.4 Å². The fraction of sp³-hybridized carbons (Fsp3) is 0.154. The Hall–Kier alpha value is -4.24. The highest BCUT2D eigenvalue weighted by atomic mass is 35.5. The molecule has 2 heterocycles. The van der Waals surface area contributed by atoms with Crippen LogP contribution >= 0.6 is 11.6 Å². The van der Waals surface area contributed by atoms with Crippen LogP contribution in [0.1, 0.15) is 11.1 Å². The molecule has 1 aromatic heterocycles. The Morgan fingerprint density at radius 1 is 1.17 bits per heavy atom. The van der Waals surface area contributed by atoms with Crippen LogP contribution in [0.25, 0.3) is 10.9 Å². The monoisotopic (exact) mass is 503 g/mol. The number of halogens is 2. The molecule has 0 atom stereocenters. The van der Waals surface area contributed by atoms with E-state index in [1.807, 2.05) is 31.3 Å². The summed E-state index contributed by atoms with van der Waals surface area (Å²) in [6.07, 6.45) is 3.27. The SMILES string of the molecule is CN(N=Cc1ccc2ncnc(Nc3ccc(OCc4cccc(F)c4)c(Cl)c3)c2c1)C1=NCCN1. The van der Waals surface area contributed by atoms with Crippen molar-refractivity contribution in [1.82, 2.24) is 20.3 Å². The van der Waals surface area contributed by atoms with Crippen LogP contribution in [0.4, 0.5) is 15.9 Å². The van der Waals surface area contributed by atoms with E-state index < -0.39 is 0 Å². The Morgan fingerprint density at radius 2 is 2.08 bits per heavy atom. The molecule has 0 bridgehead atoms. The number of anilines is 2. The molecule has 0 fully saturated rings. The molecule has 0 radical (unpaired) electrons. The fourth-order valence-electron chi connectivity index (χ4n) is 3.68. The predicted octanol–water partition coefficient (Wildman–Crippen LogP) is 4.97. The van der Waals surface area contributed by atoms with Gasteiger partial charge in [-0.25, -0.2) is 24.4 Å². The van der Waals surface area contributed by atoms with Crippen molar-refractivity contribution in [3.05, 3.63) is 89.0 Å². The number of nitrogens with zero attached hydrogens (tertiary/aromatic N) is 5. The Morgan fingerprint density at radius 3 is 2.89 bits per heavy atom. The summed E-state index contributed by atoms with van der Waals surface area (Å²) in [6, 6.07) is 17.5. The average molecular weight is 504 g/mol. The molecule has 8 nitrogen and oxygen atoms in total. The smallest absolute Gasteiger partial charge is 0.214 e. The summed E-state index contributed by atoms with van der Waals surface area (Å²) in [7, 11) is 1.85. The van der Waals surface area contributed by atoms with E-state index in [0.717, 1.165) is 46.8 Å². The number of ether oxygens (including phenoxy) is 1. The molecule has 0 unspecified atom stereocenters. The van der Waals surface area contributed by atoms with Crippen LogP contribution in [0.5, 0.6) is 5.75 Å². The first kappa shape index (κ1) is 23.5. The number of fused-ring (bicyclic) bond motifs is 1. The largest absolute Gasteiger partial charge is 0.487 e. The highest BCUT2D eigenvalue weighted by Gasteiger charge is 2.10. The highest BCUT2D eigenvalue weighted by Crippen LogP contribution is 2.31. The van der Waals surface area contributed by atoms with Crippen molar-refractivity contribution in [2.75, 3.05) is 25.5 Å². The van der Waals surface area contributed by atoms with E-state index in [0.29, 0.717) is 16.6 Å². The van der Waals surface area contributed by atoms with E-state index in [4.69, 9.17) is 16.3 Å². The van der Waals surface area contributed by atoms with Gasteiger partial charge >= 0.3 is 0 Å². The molecule has 4 aromatic rings. The van der Waals surface area contributed by atoms with Gasteiger partial charge in [0.1, 0.15) is 30.3 Å². The summed E-state index contributed by atoms with van der Waals surface area (Å²) in [5, 5.41) is 13.9. The van der Waals surface area contributed by atoms with E-state index in [1.54, 1.807) is 35.5 Å². The average Bonchev–Trinajstić information content (AvgIpc) is 3.42. The van der Waals surface area contributed by atoms with Crippen molar-refractivity contribution < 1.29 is 9.13 Å². The molecule has 0 saturated heterocycles. The Bertz CT molecular complexity index is 1460. The zero-order chi connectivity index (χ0) is 24.9. The minimum absolute atomic E-state index is 0.212. The fourth-order valence-corrected chi connectivity index (χ4v) is 3.92. The van der Waals surface area contributed by atoms with Gasteiger partial charge in [0.25, 0.3) is 0 Å². The molecule has 5 rings (SSSR count). The number of nitrogens with one attached hydrogen (secondary N) is 2. The summed E-state index contributed by atoms with van der Waals surface area (Å²) in [5.41, 5.74) is 3.15. The molecule has 2 N–H and O–H groups in total. The normalized spacial score (nSPS) is 13.0. The van der Waals surface area contributed by atoms with Gasteiger partial charge in [-0.3, -0.25) is 0 Å². The Balaban J connectivity index is 1.32. The third-order valence-electron chi connectivity index (χ3n) is 5.48. The van der Waals surface area contributed by atoms with E-state index in [9.17, 15) is 4.39 Å². The molecule has 10 heteroatoms. The van der Waals surface area contributed by atoms with Crippen LogP contribution in [0.3, 0.4) is 0 Å². The molecular formula is C26H23ClFN7O. The molecule has 182 valence electrons. The zero-order valence-electron chi connectivity index (χ0n) is 19.4. The van der Waals surface area contributed by atoms with Crippen LogP contribution in [-0.2, 0) is 6.61 Å². The minimum atomic E-state index is -0.305. The maximum atomic E-state index is 13.4. The van der Waals surface area contributed by atoms with Gasteiger partial charge in [0.15, 0.2) is 0 Å². The van der Waals surface area contributed by atoms with Crippen LogP contribution in [-0.4, -0.2) is 47.3 Å². The van der Waals surface area contributed by atoms with Gasteiger partial charge in [-0.05, 0) is 53.6 Å². The van der Waals surface area contributed by atoms with E-state index in [1.165, 1.54) is 18.5 Å². The highest BCUT2D eigenvalue weighted by molar-refractivity contribution is 6.32. The number of hydrogen-bond donors (Lipinski definition) is 2. The lowest BCUT2D eigenvalue weighted by atomic mass is 10.1. The van der Waals surface area contributed by atoms with Gasteiger partial charge in [0.05, 0.1) is 23.3 Å². The topological polar surface area (TPSA) is 87.0 Å². The summed E-state index contributed by atoms with van der Waals surface area (Å²) in [4.78, 5) is 13.1. The first-order valence-electron chi connectivity index (χ1n) is 11.3. The van der Waals surface area contributed by atoms with E-state index in [2.05, 4.69) is 30.7 Å². The molecule has 3 aromatic carbocycles. The molecule has 0 aliphatic carbocycles. The minimum Gasteiger partial charge on any atom is -0.487 e. The maximum Gasteiger partial charge on any atom is 0.214 e. The molecule has 0 amide bonds. The summed E-state index contributed by atoms with van der Waals surface area (Å²) < 4.78 is 19.2. The molecule has 1 aliphatic heterocycles. The number of rotatable bonds is 7. The van der Waals surface area contributed by atoms with Crippen molar-refractivity contribution in [1.29, 1.82) is 0 Å². The van der Waals surface area contributed by atoms with E-state index >= 15 is 0 Å². The van der Waals surface area contributed by atoms with Crippen LogP contribution in [0, 0.1) is 5.82 Å². The van der Waals surface area contributed by atoms with Crippen molar-refractivity contribution >= 4 is 46.2 Å². The van der Waals surface area contributed by atoms with Crippen molar-refractivity contribution in [2.24, 2.45) is 10.1 Å². The van der Waals surface area contributed by atoms with Crippen LogP contribution in [0.15, 0.2) is 77.1 Å². The molecule has 0 spiro atoms. The van der Waals surface area contributed by atoms with Crippen molar-refractivity contribution in [3.8, 4) is 5.75 Å². The molecule has 36 heavy (non-hydrogen) atoms. The summed E-state index contributed by atoms with van der Waals surface area (Å²) in [6.45, 7) is 1.78. The number of hydrazone groups is 1. The third-order valence-corrected chi connectivity index (χ3v) is 5.78. The maximum absolute atomic E-state index is 13.4. The predicted molar refractivity (Wildman–Crippen MR) is 141 cm³/mol.